The fourth-order valence-electron chi connectivity index (χ4n) is 4.73. The third kappa shape index (κ3) is 3.32. The smallest absolute Gasteiger partial charge is 0.253 e. The number of anilines is 3. The molecule has 3 aliphatic rings. The first-order chi connectivity index (χ1) is 13.8. The zero-order valence-electron chi connectivity index (χ0n) is 16.2. The second-order valence-electron chi connectivity index (χ2n) is 8.13. The summed E-state index contributed by atoms with van der Waals surface area (Å²) in [4.78, 5) is 26.2. The number of nitrogens with zero attached hydrogens (tertiary/aromatic N) is 4. The highest BCUT2D eigenvalue weighted by Gasteiger charge is 2.30. The number of hydrogen-bond acceptors (Lipinski definition) is 5. The summed E-state index contributed by atoms with van der Waals surface area (Å²) >= 11 is 0. The number of nitrogens with one attached hydrogen (secondary N) is 1. The molecule has 0 atom stereocenters. The van der Waals surface area contributed by atoms with Crippen LogP contribution in [-0.4, -0.2) is 46.5 Å². The van der Waals surface area contributed by atoms with Gasteiger partial charge in [-0.15, -0.1) is 0 Å². The summed E-state index contributed by atoms with van der Waals surface area (Å²) in [6.45, 7) is 2.81. The molecule has 1 aromatic carbocycles. The predicted octanol–water partition coefficient (Wildman–Crippen LogP) is 3.76. The number of rotatable bonds is 4. The highest BCUT2D eigenvalue weighted by atomic mass is 16.2. The minimum Gasteiger partial charge on any atom is -0.353 e. The normalized spacial score (nSPS) is 19.3. The number of benzene rings is 1. The molecule has 1 aliphatic carbocycles. The molecule has 0 unspecified atom stereocenters. The Morgan fingerprint density at radius 3 is 2.50 bits per heavy atom. The van der Waals surface area contributed by atoms with Gasteiger partial charge in [-0.2, -0.15) is 4.98 Å². The van der Waals surface area contributed by atoms with E-state index in [4.69, 9.17) is 4.98 Å². The maximum atomic E-state index is 12.5. The molecule has 6 nitrogen and oxygen atoms in total. The molecular weight excluding hydrogens is 350 g/mol. The third-order valence-electron chi connectivity index (χ3n) is 6.28. The lowest BCUT2D eigenvalue weighted by molar-refractivity contribution is 0.0793. The standard InChI is InChI=1S/C22H27N5O/c28-21(26-12-3-4-13-26)16-7-9-18(10-8-16)24-22-23-15-17-11-14-27(20(17)25-22)19-5-1-2-6-19/h7-10,15,19H,1-6,11-14H2,(H,23,24,25). The Morgan fingerprint density at radius 1 is 1.00 bits per heavy atom. The molecule has 28 heavy (non-hydrogen) atoms. The van der Waals surface area contributed by atoms with Crippen molar-refractivity contribution in [2.24, 2.45) is 0 Å². The summed E-state index contributed by atoms with van der Waals surface area (Å²) in [5, 5.41) is 3.31. The Bertz CT molecular complexity index is 854. The number of aromatic nitrogens is 2. The topological polar surface area (TPSA) is 61.4 Å². The molecule has 5 rings (SSSR count). The maximum absolute atomic E-state index is 12.5. The summed E-state index contributed by atoms with van der Waals surface area (Å²) in [6.07, 6.45) is 10.4. The van der Waals surface area contributed by atoms with E-state index in [9.17, 15) is 4.79 Å². The fourth-order valence-corrected chi connectivity index (χ4v) is 4.73. The molecule has 3 heterocycles. The van der Waals surface area contributed by atoms with Gasteiger partial charge in [-0.05, 0) is 56.4 Å². The van der Waals surface area contributed by atoms with Crippen molar-refractivity contribution < 1.29 is 4.79 Å². The molecule has 0 spiro atoms. The first kappa shape index (κ1) is 17.5. The number of carbonyl (C=O) groups excluding carboxylic acids is 1. The number of fused-ring (bicyclic) bond motifs is 1. The van der Waals surface area contributed by atoms with Crippen molar-refractivity contribution in [3.8, 4) is 0 Å². The zero-order chi connectivity index (χ0) is 18.9. The molecule has 0 bridgehead atoms. The van der Waals surface area contributed by atoms with Crippen molar-refractivity contribution in [3.05, 3.63) is 41.6 Å². The first-order valence-corrected chi connectivity index (χ1v) is 10.6. The molecule has 1 aromatic heterocycles. The van der Waals surface area contributed by atoms with Crippen LogP contribution in [0.5, 0.6) is 0 Å². The van der Waals surface area contributed by atoms with Crippen molar-refractivity contribution >= 4 is 23.4 Å². The van der Waals surface area contributed by atoms with Crippen LogP contribution in [-0.2, 0) is 6.42 Å². The Morgan fingerprint density at radius 2 is 1.75 bits per heavy atom. The molecule has 1 amide bonds. The summed E-state index contributed by atoms with van der Waals surface area (Å²) in [5.74, 6) is 1.86. The number of carbonyl (C=O) groups is 1. The molecule has 6 heteroatoms. The predicted molar refractivity (Wildman–Crippen MR) is 110 cm³/mol. The SMILES string of the molecule is O=C(c1ccc(Nc2ncc3c(n2)N(C2CCCC2)CC3)cc1)N1CCCC1. The van der Waals surface area contributed by atoms with Crippen LogP contribution in [0.2, 0.25) is 0 Å². The summed E-state index contributed by atoms with van der Waals surface area (Å²) in [5.41, 5.74) is 2.90. The van der Waals surface area contributed by atoms with Gasteiger partial charge in [0.2, 0.25) is 5.95 Å². The Hall–Kier alpha value is -2.63. The van der Waals surface area contributed by atoms with E-state index in [0.29, 0.717) is 12.0 Å². The van der Waals surface area contributed by atoms with Crippen molar-refractivity contribution in [1.29, 1.82) is 0 Å². The van der Waals surface area contributed by atoms with E-state index < -0.39 is 0 Å². The van der Waals surface area contributed by atoms with Gasteiger partial charge in [0, 0.05) is 48.7 Å². The first-order valence-electron chi connectivity index (χ1n) is 10.6. The lowest BCUT2D eigenvalue weighted by Gasteiger charge is -2.25. The Balaban J connectivity index is 1.30. The quantitative estimate of drug-likeness (QED) is 0.879. The average molecular weight is 377 g/mol. The van der Waals surface area contributed by atoms with Crippen molar-refractivity contribution in [2.45, 2.75) is 51.0 Å². The monoisotopic (exact) mass is 377 g/mol. The van der Waals surface area contributed by atoms with Gasteiger partial charge >= 0.3 is 0 Å². The summed E-state index contributed by atoms with van der Waals surface area (Å²) in [7, 11) is 0. The molecule has 146 valence electrons. The highest BCUT2D eigenvalue weighted by molar-refractivity contribution is 5.94. The van der Waals surface area contributed by atoms with Gasteiger partial charge in [0.05, 0.1) is 0 Å². The summed E-state index contributed by atoms with van der Waals surface area (Å²) < 4.78 is 0. The van der Waals surface area contributed by atoms with Crippen molar-refractivity contribution in [1.82, 2.24) is 14.9 Å². The zero-order valence-corrected chi connectivity index (χ0v) is 16.2. The molecule has 2 aliphatic heterocycles. The van der Waals surface area contributed by atoms with Crippen LogP contribution >= 0.6 is 0 Å². The lowest BCUT2D eigenvalue weighted by Crippen LogP contribution is -2.31. The molecular formula is C22H27N5O. The average Bonchev–Trinajstić information content (AvgIpc) is 3.48. The van der Waals surface area contributed by atoms with Gasteiger partial charge in [-0.1, -0.05) is 12.8 Å². The van der Waals surface area contributed by atoms with Crippen LogP contribution in [0.4, 0.5) is 17.5 Å². The second-order valence-corrected chi connectivity index (χ2v) is 8.13. The van der Waals surface area contributed by atoms with Gasteiger partial charge in [0.15, 0.2) is 0 Å². The highest BCUT2D eigenvalue weighted by Crippen LogP contribution is 2.34. The van der Waals surface area contributed by atoms with Crippen LogP contribution in [0.25, 0.3) is 0 Å². The molecule has 1 N–H and O–H groups in total. The van der Waals surface area contributed by atoms with Crippen molar-refractivity contribution in [2.75, 3.05) is 29.9 Å². The van der Waals surface area contributed by atoms with Crippen LogP contribution < -0.4 is 10.2 Å². The lowest BCUT2D eigenvalue weighted by atomic mass is 10.2. The second kappa shape index (κ2) is 7.41. The largest absolute Gasteiger partial charge is 0.353 e. The van der Waals surface area contributed by atoms with Crippen LogP contribution in [0, 0.1) is 0 Å². The number of hydrogen-bond donors (Lipinski definition) is 1. The van der Waals surface area contributed by atoms with Gasteiger partial charge in [0.25, 0.3) is 5.91 Å². The molecule has 2 fully saturated rings. The van der Waals surface area contributed by atoms with Gasteiger partial charge in [-0.3, -0.25) is 4.79 Å². The number of amides is 1. The molecule has 1 saturated carbocycles. The minimum atomic E-state index is 0.130. The Kier molecular flexibility index (Phi) is 4.63. The van der Waals surface area contributed by atoms with E-state index >= 15 is 0 Å². The summed E-state index contributed by atoms with van der Waals surface area (Å²) in [6, 6.07) is 8.30. The minimum absolute atomic E-state index is 0.130. The van der Waals surface area contributed by atoms with Gasteiger partial charge in [0.1, 0.15) is 5.82 Å². The molecule has 2 aromatic rings. The van der Waals surface area contributed by atoms with Crippen LogP contribution in [0.1, 0.15) is 54.4 Å². The van der Waals surface area contributed by atoms with Gasteiger partial charge in [-0.25, -0.2) is 4.98 Å². The van der Waals surface area contributed by atoms with E-state index in [1.165, 1.54) is 31.2 Å². The van der Waals surface area contributed by atoms with E-state index in [1.54, 1.807) is 0 Å². The molecule has 0 radical (unpaired) electrons. The van der Waals surface area contributed by atoms with E-state index in [1.807, 2.05) is 35.4 Å². The van der Waals surface area contributed by atoms with Gasteiger partial charge < -0.3 is 15.1 Å². The number of likely N-dealkylation sites (tertiary alicyclic amines) is 1. The van der Waals surface area contributed by atoms with Crippen molar-refractivity contribution in [3.63, 3.8) is 0 Å². The van der Waals surface area contributed by atoms with E-state index in [0.717, 1.165) is 56.0 Å². The van der Waals surface area contributed by atoms with E-state index in [-0.39, 0.29) is 5.91 Å². The molecule has 1 saturated heterocycles. The maximum Gasteiger partial charge on any atom is 0.253 e. The third-order valence-corrected chi connectivity index (χ3v) is 6.28. The Labute approximate surface area is 166 Å². The van der Waals surface area contributed by atoms with Crippen LogP contribution in [0.3, 0.4) is 0 Å². The van der Waals surface area contributed by atoms with E-state index in [2.05, 4.69) is 15.2 Å². The fraction of sp³-hybridized carbons (Fsp3) is 0.500. The van der Waals surface area contributed by atoms with Crippen LogP contribution in [0.15, 0.2) is 30.5 Å².